The Kier molecular flexibility index (Phi) is 4.39. The van der Waals surface area contributed by atoms with E-state index < -0.39 is 0 Å². The Hall–Kier alpha value is -0.830. The summed E-state index contributed by atoms with van der Waals surface area (Å²) in [5.74, 6) is 1.12. The van der Waals surface area contributed by atoms with E-state index in [1.54, 1.807) is 0 Å². The first kappa shape index (κ1) is 15.1. The second kappa shape index (κ2) is 6.12. The Balaban J connectivity index is 1.63. The standard InChI is InChI=1S/C18H24BrNO/c1-2-13-6-8-16(9-7-13)20-17(21)18(10-11-18)14-4-3-5-15(19)12-14/h3-5,12-13,16H,2,6-11H2,1H3,(H,20,21). The molecule has 0 saturated heterocycles. The van der Waals surface area contributed by atoms with E-state index in [2.05, 4.69) is 40.3 Å². The third kappa shape index (κ3) is 3.18. The van der Waals surface area contributed by atoms with Crippen LogP contribution >= 0.6 is 15.9 Å². The van der Waals surface area contributed by atoms with Gasteiger partial charge in [0.1, 0.15) is 0 Å². The van der Waals surface area contributed by atoms with Crippen LogP contribution in [0.4, 0.5) is 0 Å². The summed E-state index contributed by atoms with van der Waals surface area (Å²) in [7, 11) is 0. The Labute approximate surface area is 135 Å². The van der Waals surface area contributed by atoms with Crippen molar-refractivity contribution in [3.8, 4) is 0 Å². The van der Waals surface area contributed by atoms with E-state index in [1.807, 2.05) is 12.1 Å². The maximum Gasteiger partial charge on any atom is 0.230 e. The fourth-order valence-corrected chi connectivity index (χ4v) is 4.00. The molecule has 2 aliphatic rings. The van der Waals surface area contributed by atoms with Gasteiger partial charge < -0.3 is 5.32 Å². The van der Waals surface area contributed by atoms with Crippen molar-refractivity contribution in [2.45, 2.75) is 63.3 Å². The van der Waals surface area contributed by atoms with Crippen molar-refractivity contribution < 1.29 is 4.79 Å². The second-order valence-electron chi connectivity index (χ2n) is 6.69. The zero-order valence-corrected chi connectivity index (χ0v) is 14.3. The molecular formula is C18H24BrNO. The van der Waals surface area contributed by atoms with Gasteiger partial charge in [0, 0.05) is 10.5 Å². The lowest BCUT2D eigenvalue weighted by molar-refractivity contribution is -0.124. The molecule has 0 spiro atoms. The lowest BCUT2D eigenvalue weighted by Gasteiger charge is -2.30. The number of hydrogen-bond donors (Lipinski definition) is 1. The average Bonchev–Trinajstić information content (AvgIpc) is 3.30. The highest BCUT2D eigenvalue weighted by molar-refractivity contribution is 9.10. The highest BCUT2D eigenvalue weighted by atomic mass is 79.9. The van der Waals surface area contributed by atoms with E-state index >= 15 is 0 Å². The molecule has 2 nitrogen and oxygen atoms in total. The van der Waals surface area contributed by atoms with Crippen LogP contribution in [0.15, 0.2) is 28.7 Å². The maximum atomic E-state index is 12.7. The molecule has 2 aliphatic carbocycles. The lowest BCUT2D eigenvalue weighted by Crippen LogP contribution is -2.43. The van der Waals surface area contributed by atoms with Crippen molar-refractivity contribution in [3.63, 3.8) is 0 Å². The van der Waals surface area contributed by atoms with Gasteiger partial charge in [0.2, 0.25) is 5.91 Å². The maximum absolute atomic E-state index is 12.7. The minimum absolute atomic E-state index is 0.245. The number of carbonyl (C=O) groups excluding carboxylic acids is 1. The highest BCUT2D eigenvalue weighted by Gasteiger charge is 2.51. The lowest BCUT2D eigenvalue weighted by atomic mass is 9.84. The van der Waals surface area contributed by atoms with E-state index in [0.29, 0.717) is 6.04 Å². The van der Waals surface area contributed by atoms with Gasteiger partial charge in [-0.3, -0.25) is 4.79 Å². The van der Waals surface area contributed by atoms with Crippen LogP contribution in [0, 0.1) is 5.92 Å². The van der Waals surface area contributed by atoms with Gasteiger partial charge in [-0.2, -0.15) is 0 Å². The Morgan fingerprint density at radius 3 is 2.57 bits per heavy atom. The molecule has 1 aromatic carbocycles. The first-order valence-electron chi connectivity index (χ1n) is 8.21. The minimum atomic E-state index is -0.245. The number of nitrogens with one attached hydrogen (secondary N) is 1. The smallest absolute Gasteiger partial charge is 0.230 e. The molecule has 0 aromatic heterocycles. The summed E-state index contributed by atoms with van der Waals surface area (Å²) in [6, 6.07) is 8.62. The molecule has 21 heavy (non-hydrogen) atoms. The molecule has 1 aromatic rings. The van der Waals surface area contributed by atoms with Gasteiger partial charge in [0.25, 0.3) is 0 Å². The number of hydrogen-bond acceptors (Lipinski definition) is 1. The fourth-order valence-electron chi connectivity index (χ4n) is 3.60. The van der Waals surface area contributed by atoms with Crippen molar-refractivity contribution in [3.05, 3.63) is 34.3 Å². The molecule has 0 bridgehead atoms. The molecule has 0 unspecified atom stereocenters. The van der Waals surface area contributed by atoms with Crippen LogP contribution in [0.2, 0.25) is 0 Å². The summed E-state index contributed by atoms with van der Waals surface area (Å²) in [6.45, 7) is 2.27. The van der Waals surface area contributed by atoms with Crippen LogP contribution < -0.4 is 5.32 Å². The van der Waals surface area contributed by atoms with Crippen molar-refractivity contribution >= 4 is 21.8 Å². The summed E-state index contributed by atoms with van der Waals surface area (Å²) in [4.78, 5) is 12.7. The molecule has 0 radical (unpaired) electrons. The first-order chi connectivity index (χ1) is 10.1. The molecule has 3 heteroatoms. The molecule has 1 amide bonds. The van der Waals surface area contributed by atoms with Gasteiger partial charge in [0.15, 0.2) is 0 Å². The molecular weight excluding hydrogens is 326 g/mol. The van der Waals surface area contributed by atoms with Gasteiger partial charge in [0.05, 0.1) is 5.41 Å². The van der Waals surface area contributed by atoms with Crippen molar-refractivity contribution in [2.75, 3.05) is 0 Å². The molecule has 0 aliphatic heterocycles. The van der Waals surface area contributed by atoms with Gasteiger partial charge in [-0.15, -0.1) is 0 Å². The monoisotopic (exact) mass is 349 g/mol. The van der Waals surface area contributed by atoms with Gasteiger partial charge in [-0.05, 0) is 62.1 Å². The predicted molar refractivity (Wildman–Crippen MR) is 89.2 cm³/mol. The quantitative estimate of drug-likeness (QED) is 0.847. The minimum Gasteiger partial charge on any atom is -0.353 e. The third-order valence-corrected chi connectivity index (χ3v) is 5.81. The summed E-state index contributed by atoms with van der Waals surface area (Å²) in [6.07, 6.45) is 8.09. The zero-order chi connectivity index (χ0) is 14.9. The second-order valence-corrected chi connectivity index (χ2v) is 7.61. The van der Waals surface area contributed by atoms with E-state index in [9.17, 15) is 4.79 Å². The number of halogens is 1. The molecule has 3 rings (SSSR count). The van der Waals surface area contributed by atoms with Crippen molar-refractivity contribution in [2.24, 2.45) is 5.92 Å². The third-order valence-electron chi connectivity index (χ3n) is 5.32. The van der Waals surface area contributed by atoms with Crippen LogP contribution in [0.1, 0.15) is 57.4 Å². The van der Waals surface area contributed by atoms with E-state index in [1.165, 1.54) is 19.3 Å². The summed E-state index contributed by atoms with van der Waals surface area (Å²) >= 11 is 3.51. The van der Waals surface area contributed by atoms with Crippen LogP contribution in [-0.4, -0.2) is 11.9 Å². The Morgan fingerprint density at radius 2 is 2.00 bits per heavy atom. The van der Waals surface area contributed by atoms with Gasteiger partial charge in [-0.25, -0.2) is 0 Å². The van der Waals surface area contributed by atoms with Crippen LogP contribution in [-0.2, 0) is 10.2 Å². The Morgan fingerprint density at radius 1 is 1.29 bits per heavy atom. The normalized spacial score (nSPS) is 27.1. The Bertz CT molecular complexity index is 516. The van der Waals surface area contributed by atoms with Crippen molar-refractivity contribution in [1.29, 1.82) is 0 Å². The van der Waals surface area contributed by atoms with Crippen molar-refractivity contribution in [1.82, 2.24) is 5.32 Å². The molecule has 2 saturated carbocycles. The van der Waals surface area contributed by atoms with Crippen LogP contribution in [0.25, 0.3) is 0 Å². The topological polar surface area (TPSA) is 29.1 Å². The molecule has 114 valence electrons. The van der Waals surface area contributed by atoms with Gasteiger partial charge in [-0.1, -0.05) is 41.4 Å². The first-order valence-corrected chi connectivity index (χ1v) is 9.00. The number of amides is 1. The fraction of sp³-hybridized carbons (Fsp3) is 0.611. The summed E-state index contributed by atoms with van der Waals surface area (Å²) in [5, 5.41) is 3.33. The zero-order valence-electron chi connectivity index (χ0n) is 12.7. The average molecular weight is 350 g/mol. The summed E-state index contributed by atoms with van der Waals surface area (Å²) in [5.41, 5.74) is 0.919. The summed E-state index contributed by atoms with van der Waals surface area (Å²) < 4.78 is 1.06. The largest absolute Gasteiger partial charge is 0.353 e. The molecule has 0 atom stereocenters. The number of rotatable bonds is 4. The number of carbonyl (C=O) groups is 1. The predicted octanol–water partition coefficient (Wildman–Crippen LogP) is 4.57. The van der Waals surface area contributed by atoms with E-state index in [-0.39, 0.29) is 11.3 Å². The van der Waals surface area contributed by atoms with Crippen LogP contribution in [0.3, 0.4) is 0 Å². The van der Waals surface area contributed by atoms with Crippen LogP contribution in [0.5, 0.6) is 0 Å². The molecule has 1 N–H and O–H groups in total. The number of benzene rings is 1. The molecule has 2 fully saturated rings. The highest BCUT2D eigenvalue weighted by Crippen LogP contribution is 2.49. The molecule has 0 heterocycles. The van der Waals surface area contributed by atoms with Gasteiger partial charge >= 0.3 is 0 Å². The van der Waals surface area contributed by atoms with E-state index in [0.717, 1.165) is 41.6 Å². The SMILES string of the molecule is CCC1CCC(NC(=O)C2(c3cccc(Br)c3)CC2)CC1. The van der Waals surface area contributed by atoms with E-state index in [4.69, 9.17) is 0 Å².